The summed E-state index contributed by atoms with van der Waals surface area (Å²) in [5.74, 6) is 0. The predicted molar refractivity (Wildman–Crippen MR) is 121 cm³/mol. The first kappa shape index (κ1) is 20.7. The van der Waals surface area contributed by atoms with Crippen LogP contribution in [0.4, 0.5) is 10.5 Å². The molecular formula is C24H27N5O2. The van der Waals surface area contributed by atoms with Crippen LogP contribution in [0.2, 0.25) is 0 Å². The quantitative estimate of drug-likeness (QED) is 0.683. The smallest absolute Gasteiger partial charge is 0.330 e. The lowest BCUT2D eigenvalue weighted by molar-refractivity contribution is 0.248. The maximum atomic E-state index is 13.5. The second-order valence-electron chi connectivity index (χ2n) is 8.01. The Hall–Kier alpha value is -3.61. The number of rotatable bonds is 4. The van der Waals surface area contributed by atoms with Gasteiger partial charge in [0.1, 0.15) is 5.49 Å². The monoisotopic (exact) mass is 417 g/mol. The van der Waals surface area contributed by atoms with Crippen LogP contribution in [0.25, 0.3) is 11.3 Å². The van der Waals surface area contributed by atoms with Crippen molar-refractivity contribution in [1.82, 2.24) is 14.5 Å². The molecule has 0 bridgehead atoms. The van der Waals surface area contributed by atoms with Gasteiger partial charge in [-0.3, -0.25) is 9.13 Å². The van der Waals surface area contributed by atoms with E-state index in [1.807, 2.05) is 37.3 Å². The topological polar surface area (TPSA) is 94.4 Å². The lowest BCUT2D eigenvalue weighted by Crippen LogP contribution is -2.44. The zero-order valence-electron chi connectivity index (χ0n) is 18.1. The van der Waals surface area contributed by atoms with Crippen molar-refractivity contribution in [2.24, 2.45) is 10.7 Å². The first-order valence-corrected chi connectivity index (χ1v) is 10.4. The van der Waals surface area contributed by atoms with E-state index in [4.69, 9.17) is 10.7 Å². The van der Waals surface area contributed by atoms with Gasteiger partial charge in [0.25, 0.3) is 0 Å². The van der Waals surface area contributed by atoms with Crippen LogP contribution in [-0.2, 0) is 19.5 Å². The second-order valence-corrected chi connectivity index (χ2v) is 8.01. The number of hydrogen-bond acceptors (Lipinski definition) is 3. The summed E-state index contributed by atoms with van der Waals surface area (Å²) < 4.78 is 3.41. The number of carbonyl (C=O) groups is 1. The Bertz CT molecular complexity index is 1300. The molecule has 7 heteroatoms. The molecule has 3 N–H and O–H groups in total. The molecule has 0 fully saturated rings. The SMILES string of the molecule is Cc1cc2c(cc1C)-c1cc(=Nc3ccccc3C)n(CCNC(N)=O)c(=O)n1CC2. The minimum Gasteiger partial charge on any atom is -0.352 e. The van der Waals surface area contributed by atoms with Crippen molar-refractivity contribution in [2.45, 2.75) is 40.3 Å². The van der Waals surface area contributed by atoms with Gasteiger partial charge in [-0.15, -0.1) is 0 Å². The van der Waals surface area contributed by atoms with Crippen molar-refractivity contribution in [1.29, 1.82) is 0 Å². The Morgan fingerprint density at radius 3 is 2.58 bits per heavy atom. The molecule has 2 aromatic carbocycles. The summed E-state index contributed by atoms with van der Waals surface area (Å²) >= 11 is 0. The molecular weight excluding hydrogens is 390 g/mol. The fourth-order valence-electron chi connectivity index (χ4n) is 4.02. The largest absolute Gasteiger partial charge is 0.352 e. The Morgan fingerprint density at radius 2 is 1.84 bits per heavy atom. The Kier molecular flexibility index (Phi) is 5.50. The Labute approximate surface area is 180 Å². The van der Waals surface area contributed by atoms with Crippen LogP contribution in [0.5, 0.6) is 0 Å². The molecule has 31 heavy (non-hydrogen) atoms. The zero-order chi connectivity index (χ0) is 22.1. The van der Waals surface area contributed by atoms with E-state index < -0.39 is 6.03 Å². The number of primary amides is 1. The molecule has 1 aliphatic heterocycles. The van der Waals surface area contributed by atoms with Crippen molar-refractivity contribution < 1.29 is 4.79 Å². The molecule has 0 saturated heterocycles. The normalized spacial score (nSPS) is 12.9. The molecule has 0 spiro atoms. The van der Waals surface area contributed by atoms with E-state index >= 15 is 0 Å². The third-order valence-corrected chi connectivity index (χ3v) is 5.88. The van der Waals surface area contributed by atoms with Crippen molar-refractivity contribution in [3.05, 3.63) is 80.7 Å². The van der Waals surface area contributed by atoms with Gasteiger partial charge >= 0.3 is 11.7 Å². The summed E-state index contributed by atoms with van der Waals surface area (Å²) in [4.78, 5) is 29.4. The number of fused-ring (bicyclic) bond motifs is 3. The van der Waals surface area contributed by atoms with Gasteiger partial charge in [-0.25, -0.2) is 14.6 Å². The van der Waals surface area contributed by atoms with Crippen LogP contribution < -0.4 is 22.2 Å². The minimum absolute atomic E-state index is 0.139. The van der Waals surface area contributed by atoms with Crippen LogP contribution in [0.1, 0.15) is 22.3 Å². The van der Waals surface area contributed by atoms with E-state index in [-0.39, 0.29) is 18.8 Å². The molecule has 0 unspecified atom stereocenters. The number of para-hydroxylation sites is 1. The number of carbonyl (C=O) groups excluding carboxylic acids is 1. The maximum absolute atomic E-state index is 13.5. The number of nitrogens with zero attached hydrogens (tertiary/aromatic N) is 3. The fraction of sp³-hybridized carbons (Fsp3) is 0.292. The van der Waals surface area contributed by atoms with E-state index in [0.717, 1.165) is 28.9 Å². The van der Waals surface area contributed by atoms with Crippen LogP contribution >= 0.6 is 0 Å². The Balaban J connectivity index is 1.95. The van der Waals surface area contributed by atoms with Crippen LogP contribution in [0, 0.1) is 20.8 Å². The van der Waals surface area contributed by atoms with E-state index in [0.29, 0.717) is 12.0 Å². The molecule has 160 valence electrons. The van der Waals surface area contributed by atoms with E-state index in [1.165, 1.54) is 16.7 Å². The summed E-state index contributed by atoms with van der Waals surface area (Å²) in [6.45, 7) is 7.33. The number of benzene rings is 2. The summed E-state index contributed by atoms with van der Waals surface area (Å²) in [5.41, 5.74) is 13.1. The molecule has 2 heterocycles. The highest BCUT2D eigenvalue weighted by Gasteiger charge is 2.20. The summed E-state index contributed by atoms with van der Waals surface area (Å²) in [5, 5.41) is 2.56. The molecule has 0 atom stereocenters. The highest BCUT2D eigenvalue weighted by molar-refractivity contribution is 5.71. The predicted octanol–water partition coefficient (Wildman–Crippen LogP) is 2.70. The number of nitrogens with one attached hydrogen (secondary N) is 1. The average Bonchev–Trinajstić information content (AvgIpc) is 2.72. The summed E-state index contributed by atoms with van der Waals surface area (Å²) in [6, 6.07) is 13.5. The van der Waals surface area contributed by atoms with E-state index in [2.05, 4.69) is 31.3 Å². The van der Waals surface area contributed by atoms with Gasteiger partial charge in [0.05, 0.1) is 11.4 Å². The number of hydrogen-bond donors (Lipinski definition) is 2. The highest BCUT2D eigenvalue weighted by Crippen LogP contribution is 2.30. The molecule has 4 rings (SSSR count). The first-order valence-electron chi connectivity index (χ1n) is 10.4. The number of nitrogens with two attached hydrogens (primary N) is 1. The molecule has 3 aromatic rings. The molecule has 0 saturated carbocycles. The number of urea groups is 1. The third kappa shape index (κ3) is 4.03. The summed E-state index contributed by atoms with van der Waals surface area (Å²) in [7, 11) is 0. The molecule has 0 aliphatic carbocycles. The average molecular weight is 418 g/mol. The molecule has 1 aromatic heterocycles. The van der Waals surface area contributed by atoms with Gasteiger partial charge in [0, 0.05) is 31.3 Å². The second kappa shape index (κ2) is 8.26. The standard InChI is InChI=1S/C24H27N5O2/c1-15-6-4-5-7-20(15)27-22-14-21-19-13-17(3)16(2)12-18(19)8-10-28(21)24(31)29(22)11-9-26-23(25)30/h4-7,12-14H,8-11H2,1-3H3,(H3,25,26,30). The summed E-state index contributed by atoms with van der Waals surface area (Å²) in [6.07, 6.45) is 0.803. The van der Waals surface area contributed by atoms with Crippen LogP contribution in [-0.4, -0.2) is 21.7 Å². The van der Waals surface area contributed by atoms with Crippen molar-refractivity contribution in [2.75, 3.05) is 6.54 Å². The fourth-order valence-corrected chi connectivity index (χ4v) is 4.02. The Morgan fingerprint density at radius 1 is 1.10 bits per heavy atom. The number of aromatic nitrogens is 2. The maximum Gasteiger partial charge on any atom is 0.330 e. The lowest BCUT2D eigenvalue weighted by Gasteiger charge is -2.24. The van der Waals surface area contributed by atoms with Crippen LogP contribution in [0.3, 0.4) is 0 Å². The van der Waals surface area contributed by atoms with Crippen molar-refractivity contribution in [3.63, 3.8) is 0 Å². The van der Waals surface area contributed by atoms with Gasteiger partial charge in [0.2, 0.25) is 0 Å². The van der Waals surface area contributed by atoms with Crippen LogP contribution in [0.15, 0.2) is 52.3 Å². The molecule has 2 amide bonds. The third-order valence-electron chi connectivity index (χ3n) is 5.88. The lowest BCUT2D eigenvalue weighted by atomic mass is 9.93. The van der Waals surface area contributed by atoms with E-state index in [9.17, 15) is 9.59 Å². The van der Waals surface area contributed by atoms with Crippen molar-refractivity contribution >= 4 is 11.7 Å². The van der Waals surface area contributed by atoms with E-state index in [1.54, 1.807) is 9.13 Å². The molecule has 0 radical (unpaired) electrons. The number of amides is 2. The van der Waals surface area contributed by atoms with Gasteiger partial charge in [-0.2, -0.15) is 0 Å². The molecule has 1 aliphatic rings. The minimum atomic E-state index is -0.615. The molecule has 7 nitrogen and oxygen atoms in total. The zero-order valence-corrected chi connectivity index (χ0v) is 18.1. The van der Waals surface area contributed by atoms with Crippen molar-refractivity contribution in [3.8, 4) is 11.3 Å². The van der Waals surface area contributed by atoms with Gasteiger partial charge in [-0.1, -0.05) is 24.3 Å². The highest BCUT2D eigenvalue weighted by atomic mass is 16.2. The van der Waals surface area contributed by atoms with Gasteiger partial charge < -0.3 is 11.1 Å². The van der Waals surface area contributed by atoms with Gasteiger partial charge in [0.15, 0.2) is 0 Å². The first-order chi connectivity index (χ1) is 14.8. The number of aryl methyl sites for hydroxylation is 4. The van der Waals surface area contributed by atoms with Gasteiger partial charge in [-0.05, 0) is 61.6 Å².